The molecule has 0 saturated heterocycles. The van der Waals surface area contributed by atoms with Crippen LogP contribution in [-0.2, 0) is 19.1 Å². The Labute approximate surface area is 160 Å². The molecule has 1 aromatic rings. The average molecular weight is 386 g/mol. The monoisotopic (exact) mass is 385 g/mol. The number of hydrogen-bond acceptors (Lipinski definition) is 5. The van der Waals surface area contributed by atoms with Crippen molar-refractivity contribution in [3.8, 4) is 0 Å². The topological polar surface area (TPSA) is 111 Å². The van der Waals surface area contributed by atoms with E-state index >= 15 is 0 Å². The first-order chi connectivity index (χ1) is 11.8. The number of carbonyl (C=O) groups excluding carboxylic acids is 3. The third-order valence-electron chi connectivity index (χ3n) is 3.91. The molecular weight excluding hydrogens is 358 g/mol. The van der Waals surface area contributed by atoms with Gasteiger partial charge in [-0.3, -0.25) is 14.4 Å². The lowest BCUT2D eigenvalue weighted by atomic mass is 9.98. The van der Waals surface area contributed by atoms with E-state index in [-0.39, 0.29) is 37.3 Å². The summed E-state index contributed by atoms with van der Waals surface area (Å²) in [7, 11) is 1.30. The number of esters is 1. The lowest BCUT2D eigenvalue weighted by molar-refractivity contribution is -0.142. The molecule has 1 unspecified atom stereocenters. The third kappa shape index (κ3) is 7.41. The molecule has 7 nitrogen and oxygen atoms in total. The number of benzene rings is 1. The Bertz CT molecular complexity index is 605. The van der Waals surface area contributed by atoms with Crippen LogP contribution in [0, 0.1) is 12.8 Å². The van der Waals surface area contributed by atoms with E-state index in [1.54, 1.807) is 0 Å². The van der Waals surface area contributed by atoms with Gasteiger partial charge in [-0.1, -0.05) is 43.7 Å². The highest BCUT2D eigenvalue weighted by molar-refractivity contribution is 5.88. The summed E-state index contributed by atoms with van der Waals surface area (Å²) >= 11 is 0. The van der Waals surface area contributed by atoms with Gasteiger partial charge in [-0.2, -0.15) is 0 Å². The van der Waals surface area contributed by atoms with Crippen LogP contribution in [0.1, 0.15) is 30.9 Å². The zero-order chi connectivity index (χ0) is 19.0. The van der Waals surface area contributed by atoms with Crippen LogP contribution in [0.4, 0.5) is 0 Å². The van der Waals surface area contributed by atoms with Crippen LogP contribution in [0.5, 0.6) is 0 Å². The molecule has 0 aromatic heterocycles. The molecule has 26 heavy (non-hydrogen) atoms. The number of nitrogens with two attached hydrogens (primary N) is 1. The predicted octanol–water partition coefficient (Wildman–Crippen LogP) is 0.889. The first kappa shape index (κ1) is 23.9. The molecule has 2 atom stereocenters. The number of ether oxygens (including phenoxy) is 1. The molecule has 0 bridgehead atoms. The van der Waals surface area contributed by atoms with E-state index in [1.807, 2.05) is 45.0 Å². The summed E-state index contributed by atoms with van der Waals surface area (Å²) in [5, 5.41) is 5.12. The minimum atomic E-state index is -0.664. The molecule has 146 valence electrons. The van der Waals surface area contributed by atoms with Crippen molar-refractivity contribution in [2.75, 3.05) is 20.2 Å². The van der Waals surface area contributed by atoms with E-state index in [4.69, 9.17) is 10.5 Å². The summed E-state index contributed by atoms with van der Waals surface area (Å²) in [6, 6.07) is 6.77. The maximum atomic E-state index is 12.0. The van der Waals surface area contributed by atoms with Gasteiger partial charge in [-0.25, -0.2) is 0 Å². The van der Waals surface area contributed by atoms with E-state index < -0.39 is 23.8 Å². The fraction of sp³-hybridized carbons (Fsp3) is 0.500. The molecule has 0 spiro atoms. The number of hydrogen-bond donors (Lipinski definition) is 3. The molecule has 4 N–H and O–H groups in total. The molecule has 0 fully saturated rings. The van der Waals surface area contributed by atoms with Crippen LogP contribution in [0.2, 0.25) is 0 Å². The van der Waals surface area contributed by atoms with Gasteiger partial charge < -0.3 is 21.1 Å². The van der Waals surface area contributed by atoms with E-state index in [0.717, 1.165) is 11.1 Å². The normalized spacial score (nSPS) is 12.5. The predicted molar refractivity (Wildman–Crippen MR) is 102 cm³/mol. The maximum absolute atomic E-state index is 12.0. The molecule has 0 aliphatic rings. The highest BCUT2D eigenvalue weighted by Crippen LogP contribution is 2.17. The second-order valence-electron chi connectivity index (χ2n) is 6.28. The lowest BCUT2D eigenvalue weighted by Gasteiger charge is -2.17. The van der Waals surface area contributed by atoms with Crippen molar-refractivity contribution < 1.29 is 19.1 Å². The molecule has 1 rings (SSSR count). The van der Waals surface area contributed by atoms with Gasteiger partial charge in [0.05, 0.1) is 25.6 Å². The number of amides is 2. The van der Waals surface area contributed by atoms with Gasteiger partial charge in [-0.05, 0) is 18.4 Å². The Hall–Kier alpha value is -2.12. The van der Waals surface area contributed by atoms with Gasteiger partial charge in [0.25, 0.3) is 0 Å². The van der Waals surface area contributed by atoms with Crippen molar-refractivity contribution in [1.82, 2.24) is 10.6 Å². The van der Waals surface area contributed by atoms with Gasteiger partial charge in [-0.15, -0.1) is 12.4 Å². The summed E-state index contributed by atoms with van der Waals surface area (Å²) in [5.41, 5.74) is 7.53. The maximum Gasteiger partial charge on any atom is 0.314 e. The third-order valence-corrected chi connectivity index (χ3v) is 3.91. The van der Waals surface area contributed by atoms with Gasteiger partial charge in [0, 0.05) is 6.54 Å². The van der Waals surface area contributed by atoms with Crippen molar-refractivity contribution >= 4 is 30.2 Å². The van der Waals surface area contributed by atoms with Crippen molar-refractivity contribution in [1.29, 1.82) is 0 Å². The highest BCUT2D eigenvalue weighted by Gasteiger charge is 2.23. The minimum absolute atomic E-state index is 0. The van der Waals surface area contributed by atoms with Crippen molar-refractivity contribution in [3.63, 3.8) is 0 Å². The standard InChI is InChI=1S/C18H27N3O4.ClH/c1-11(2)16(19)17(23)21-10-15(22)20-9-14(18(24)25-4)13-7-5-12(3)6-8-13;/h5-8,11,14,16H,9-10,19H2,1-4H3,(H,20,22)(H,21,23);1H/t14?,16-;/m0./s1. The molecule has 0 aliphatic carbocycles. The first-order valence-corrected chi connectivity index (χ1v) is 8.20. The van der Waals surface area contributed by atoms with Crippen LogP contribution in [0.3, 0.4) is 0 Å². The van der Waals surface area contributed by atoms with E-state index in [0.29, 0.717) is 0 Å². The summed E-state index contributed by atoms with van der Waals surface area (Å²) in [5.74, 6) is -1.84. The van der Waals surface area contributed by atoms with E-state index in [9.17, 15) is 14.4 Å². The number of carbonyl (C=O) groups is 3. The van der Waals surface area contributed by atoms with Crippen LogP contribution in [-0.4, -0.2) is 44.0 Å². The SMILES string of the molecule is COC(=O)C(CNC(=O)CNC(=O)[C@@H](N)C(C)C)c1ccc(C)cc1.Cl. The zero-order valence-electron chi connectivity index (χ0n) is 15.6. The number of rotatable bonds is 8. The fourth-order valence-corrected chi connectivity index (χ4v) is 2.14. The van der Waals surface area contributed by atoms with Crippen LogP contribution in [0.15, 0.2) is 24.3 Å². The molecular formula is C18H28ClN3O4. The molecule has 2 amide bonds. The first-order valence-electron chi connectivity index (χ1n) is 8.20. The highest BCUT2D eigenvalue weighted by atomic mass is 35.5. The largest absolute Gasteiger partial charge is 0.468 e. The smallest absolute Gasteiger partial charge is 0.314 e. The van der Waals surface area contributed by atoms with Gasteiger partial charge in [0.2, 0.25) is 11.8 Å². The summed E-state index contributed by atoms with van der Waals surface area (Å²) in [6.07, 6.45) is 0. The van der Waals surface area contributed by atoms with Crippen LogP contribution >= 0.6 is 12.4 Å². The molecule has 0 aliphatic heterocycles. The molecule has 0 saturated carbocycles. The van der Waals surface area contributed by atoms with Crippen LogP contribution < -0.4 is 16.4 Å². The Morgan fingerprint density at radius 3 is 2.19 bits per heavy atom. The van der Waals surface area contributed by atoms with Gasteiger partial charge in [0.1, 0.15) is 0 Å². The Morgan fingerprint density at radius 2 is 1.69 bits per heavy atom. The van der Waals surface area contributed by atoms with Crippen molar-refractivity contribution in [2.45, 2.75) is 32.7 Å². The fourth-order valence-electron chi connectivity index (χ4n) is 2.14. The number of methoxy groups -OCH3 is 1. The number of aryl methyl sites for hydroxylation is 1. The summed E-state index contributed by atoms with van der Waals surface area (Å²) in [6.45, 7) is 5.49. The number of nitrogens with one attached hydrogen (secondary N) is 2. The second kappa shape index (κ2) is 11.5. The Morgan fingerprint density at radius 1 is 1.12 bits per heavy atom. The second-order valence-corrected chi connectivity index (χ2v) is 6.28. The van der Waals surface area contributed by atoms with E-state index in [2.05, 4.69) is 10.6 Å². The quantitative estimate of drug-likeness (QED) is 0.575. The molecule has 1 aromatic carbocycles. The lowest BCUT2D eigenvalue weighted by Crippen LogP contribution is -2.47. The van der Waals surface area contributed by atoms with Crippen molar-refractivity contribution in [2.24, 2.45) is 11.7 Å². The zero-order valence-corrected chi connectivity index (χ0v) is 16.4. The molecule has 8 heteroatoms. The van der Waals surface area contributed by atoms with Gasteiger partial charge in [0.15, 0.2) is 0 Å². The average Bonchev–Trinajstić information content (AvgIpc) is 2.60. The summed E-state index contributed by atoms with van der Waals surface area (Å²) in [4.78, 5) is 35.6. The minimum Gasteiger partial charge on any atom is -0.468 e. The summed E-state index contributed by atoms with van der Waals surface area (Å²) < 4.78 is 4.81. The van der Waals surface area contributed by atoms with Crippen molar-refractivity contribution in [3.05, 3.63) is 35.4 Å². The van der Waals surface area contributed by atoms with Crippen LogP contribution in [0.25, 0.3) is 0 Å². The molecule has 0 heterocycles. The van der Waals surface area contributed by atoms with E-state index in [1.165, 1.54) is 7.11 Å². The number of halogens is 1. The Balaban J connectivity index is 0.00000625. The van der Waals surface area contributed by atoms with Gasteiger partial charge >= 0.3 is 5.97 Å². The Kier molecular flexibility index (Phi) is 10.6. The molecule has 0 radical (unpaired) electrons.